The number of halogens is 3. The van der Waals surface area contributed by atoms with Crippen LogP contribution in [0.3, 0.4) is 0 Å². The highest BCUT2D eigenvalue weighted by Gasteiger charge is 2.16. The van der Waals surface area contributed by atoms with Crippen molar-refractivity contribution in [3.8, 4) is 11.5 Å². The van der Waals surface area contributed by atoms with Gasteiger partial charge in [-0.1, -0.05) is 12.1 Å². The zero-order valence-electron chi connectivity index (χ0n) is 16.0. The number of benzene rings is 1. The summed E-state index contributed by atoms with van der Waals surface area (Å²) in [7, 11) is 1.65. The minimum atomic E-state index is -2.93. The Labute approximate surface area is 184 Å². The molecule has 0 spiro atoms. The number of thiazole rings is 1. The highest BCUT2D eigenvalue weighted by molar-refractivity contribution is 14.0. The number of guanidine groups is 1. The first kappa shape index (κ1) is 24.3. The van der Waals surface area contributed by atoms with Crippen molar-refractivity contribution in [2.45, 2.75) is 33.4 Å². The third-order valence-electron chi connectivity index (χ3n) is 3.58. The van der Waals surface area contributed by atoms with Gasteiger partial charge in [-0.3, -0.25) is 4.99 Å². The Morgan fingerprint density at radius 3 is 2.71 bits per heavy atom. The van der Waals surface area contributed by atoms with Gasteiger partial charge in [-0.15, -0.1) is 35.3 Å². The van der Waals surface area contributed by atoms with Crippen LogP contribution in [-0.2, 0) is 13.0 Å². The summed E-state index contributed by atoms with van der Waals surface area (Å²) in [5.41, 5.74) is 1.58. The lowest BCUT2D eigenvalue weighted by Gasteiger charge is -2.17. The van der Waals surface area contributed by atoms with Gasteiger partial charge in [-0.05, 0) is 19.9 Å². The van der Waals surface area contributed by atoms with Crippen molar-refractivity contribution in [2.24, 2.45) is 4.99 Å². The quantitative estimate of drug-likeness (QED) is 0.294. The molecule has 6 nitrogen and oxygen atoms in total. The number of nitrogens with one attached hydrogen (secondary N) is 2. The molecule has 0 atom stereocenters. The predicted octanol–water partition coefficient (Wildman–Crippen LogP) is 3.98. The SMILES string of the molecule is CCOc1cccc(CNC(=NC)NCCc2csc(C)n2)c1OC(F)F.I. The van der Waals surface area contributed by atoms with Crippen LogP contribution in [0.4, 0.5) is 8.78 Å². The van der Waals surface area contributed by atoms with Crippen molar-refractivity contribution in [3.05, 3.63) is 39.8 Å². The molecule has 0 radical (unpaired) electrons. The molecule has 0 amide bonds. The fraction of sp³-hybridized carbons (Fsp3) is 0.444. The molecular weight excluding hydrogens is 501 g/mol. The van der Waals surface area contributed by atoms with Crippen molar-refractivity contribution >= 4 is 41.3 Å². The molecule has 1 aromatic heterocycles. The zero-order chi connectivity index (χ0) is 19.6. The van der Waals surface area contributed by atoms with E-state index in [0.717, 1.165) is 17.1 Å². The first-order valence-corrected chi connectivity index (χ1v) is 9.46. The number of aliphatic imine (C=N–C) groups is 1. The van der Waals surface area contributed by atoms with Crippen LogP contribution in [0, 0.1) is 6.92 Å². The summed E-state index contributed by atoms with van der Waals surface area (Å²) in [6.45, 7) is 2.10. The normalized spacial score (nSPS) is 11.1. The Kier molecular flexibility index (Phi) is 11.0. The van der Waals surface area contributed by atoms with Crippen LogP contribution in [0.2, 0.25) is 0 Å². The number of hydrogen-bond donors (Lipinski definition) is 2. The van der Waals surface area contributed by atoms with E-state index in [9.17, 15) is 8.78 Å². The molecular formula is C18H25F2IN4O2S. The van der Waals surface area contributed by atoms with Crippen molar-refractivity contribution in [1.29, 1.82) is 0 Å². The maximum atomic E-state index is 12.8. The van der Waals surface area contributed by atoms with Gasteiger partial charge < -0.3 is 20.1 Å². The molecule has 10 heteroatoms. The molecule has 0 saturated heterocycles. The van der Waals surface area contributed by atoms with Crippen molar-refractivity contribution < 1.29 is 18.3 Å². The summed E-state index contributed by atoms with van der Waals surface area (Å²) in [4.78, 5) is 8.56. The smallest absolute Gasteiger partial charge is 0.387 e. The number of para-hydroxylation sites is 1. The second-order valence-corrected chi connectivity index (χ2v) is 6.58. The van der Waals surface area contributed by atoms with Crippen LogP contribution in [0.15, 0.2) is 28.6 Å². The lowest BCUT2D eigenvalue weighted by Crippen LogP contribution is -2.38. The standard InChI is InChI=1S/C18H24F2N4O2S.HI/c1-4-25-15-7-5-6-13(16(15)26-17(19)20)10-23-18(21-3)22-9-8-14-11-27-12(2)24-14;/h5-7,11,17H,4,8-10H2,1-3H3,(H2,21,22,23);1H. The number of alkyl halides is 2. The highest BCUT2D eigenvalue weighted by Crippen LogP contribution is 2.32. The summed E-state index contributed by atoms with van der Waals surface area (Å²) in [5.74, 6) is 0.890. The molecule has 2 aromatic rings. The molecule has 0 bridgehead atoms. The predicted molar refractivity (Wildman–Crippen MR) is 118 cm³/mol. The van der Waals surface area contributed by atoms with E-state index < -0.39 is 6.61 Å². The Morgan fingerprint density at radius 2 is 2.11 bits per heavy atom. The number of ether oxygens (including phenoxy) is 2. The van der Waals surface area contributed by atoms with Gasteiger partial charge in [0.2, 0.25) is 0 Å². The molecule has 156 valence electrons. The van der Waals surface area contributed by atoms with Crippen LogP contribution in [0.5, 0.6) is 11.5 Å². The van der Waals surface area contributed by atoms with Crippen LogP contribution < -0.4 is 20.1 Å². The molecule has 0 aliphatic carbocycles. The maximum Gasteiger partial charge on any atom is 0.387 e. The Morgan fingerprint density at radius 1 is 1.32 bits per heavy atom. The summed E-state index contributed by atoms with van der Waals surface area (Å²) >= 11 is 1.62. The summed E-state index contributed by atoms with van der Waals surface area (Å²) in [6.07, 6.45) is 0.768. The number of rotatable bonds is 9. The van der Waals surface area contributed by atoms with Crippen LogP contribution >= 0.6 is 35.3 Å². The van der Waals surface area contributed by atoms with Gasteiger partial charge in [-0.25, -0.2) is 4.98 Å². The van der Waals surface area contributed by atoms with E-state index in [-0.39, 0.29) is 36.3 Å². The fourth-order valence-corrected chi connectivity index (χ4v) is 3.07. The van der Waals surface area contributed by atoms with E-state index >= 15 is 0 Å². The number of hydrogen-bond acceptors (Lipinski definition) is 5. The average Bonchev–Trinajstić information content (AvgIpc) is 3.05. The molecule has 2 N–H and O–H groups in total. The topological polar surface area (TPSA) is 67.8 Å². The third kappa shape index (κ3) is 7.74. The van der Waals surface area contributed by atoms with Crippen LogP contribution in [-0.4, -0.2) is 37.8 Å². The fourth-order valence-electron chi connectivity index (χ4n) is 2.42. The van der Waals surface area contributed by atoms with Gasteiger partial charge in [0.25, 0.3) is 0 Å². The largest absolute Gasteiger partial charge is 0.490 e. The molecule has 0 fully saturated rings. The molecule has 0 aliphatic heterocycles. The van der Waals surface area contributed by atoms with Crippen LogP contribution in [0.25, 0.3) is 0 Å². The lowest BCUT2D eigenvalue weighted by atomic mass is 10.2. The second-order valence-electron chi connectivity index (χ2n) is 5.52. The summed E-state index contributed by atoms with van der Waals surface area (Å²) in [6, 6.07) is 5.05. The first-order chi connectivity index (χ1) is 13.0. The Bertz CT molecular complexity index is 759. The molecule has 0 saturated carbocycles. The van der Waals surface area contributed by atoms with Gasteiger partial charge in [-0.2, -0.15) is 8.78 Å². The van der Waals surface area contributed by atoms with E-state index in [1.807, 2.05) is 12.3 Å². The monoisotopic (exact) mass is 526 g/mol. The number of aromatic nitrogens is 1. The summed E-state index contributed by atoms with van der Waals surface area (Å²) < 4.78 is 35.6. The maximum absolute atomic E-state index is 12.8. The molecule has 0 unspecified atom stereocenters. The van der Waals surface area contributed by atoms with Crippen LogP contribution in [0.1, 0.15) is 23.2 Å². The molecule has 0 aliphatic rings. The zero-order valence-corrected chi connectivity index (χ0v) is 19.1. The lowest BCUT2D eigenvalue weighted by molar-refractivity contribution is -0.0520. The van der Waals surface area contributed by atoms with Gasteiger partial charge in [0.1, 0.15) is 0 Å². The molecule has 1 heterocycles. The Hall–Kier alpha value is -1.69. The van der Waals surface area contributed by atoms with Crippen molar-refractivity contribution in [1.82, 2.24) is 15.6 Å². The second kappa shape index (κ2) is 12.7. The Balaban J connectivity index is 0.00000392. The molecule has 1 aromatic carbocycles. The summed E-state index contributed by atoms with van der Waals surface area (Å²) in [5, 5.41) is 9.35. The average molecular weight is 526 g/mol. The van der Waals surface area contributed by atoms with E-state index in [2.05, 4.69) is 25.3 Å². The van der Waals surface area contributed by atoms with Gasteiger partial charge in [0.05, 0.1) is 17.3 Å². The number of aryl methyl sites for hydroxylation is 1. The molecule has 28 heavy (non-hydrogen) atoms. The van der Waals surface area contributed by atoms with E-state index in [1.54, 1.807) is 43.5 Å². The van der Waals surface area contributed by atoms with Crippen molar-refractivity contribution in [3.63, 3.8) is 0 Å². The van der Waals surface area contributed by atoms with E-state index in [1.165, 1.54) is 0 Å². The van der Waals surface area contributed by atoms with Gasteiger partial charge in [0.15, 0.2) is 17.5 Å². The first-order valence-electron chi connectivity index (χ1n) is 8.58. The van der Waals surface area contributed by atoms with E-state index in [0.29, 0.717) is 30.4 Å². The highest BCUT2D eigenvalue weighted by atomic mass is 127. The third-order valence-corrected chi connectivity index (χ3v) is 4.40. The minimum absolute atomic E-state index is 0. The number of nitrogens with zero attached hydrogens (tertiary/aromatic N) is 2. The van der Waals surface area contributed by atoms with E-state index in [4.69, 9.17) is 4.74 Å². The minimum Gasteiger partial charge on any atom is -0.490 e. The van der Waals surface area contributed by atoms with Gasteiger partial charge in [0, 0.05) is 37.5 Å². The van der Waals surface area contributed by atoms with Gasteiger partial charge >= 0.3 is 6.61 Å². The molecule has 2 rings (SSSR count). The van der Waals surface area contributed by atoms with Crippen molar-refractivity contribution in [2.75, 3.05) is 20.2 Å².